The van der Waals surface area contributed by atoms with Crippen LogP contribution in [0, 0.1) is 5.82 Å². The molecule has 0 spiro atoms. The Morgan fingerprint density at radius 1 is 1.53 bits per heavy atom. The summed E-state index contributed by atoms with van der Waals surface area (Å²) in [5, 5.41) is 3.13. The van der Waals surface area contributed by atoms with Gasteiger partial charge >= 0.3 is 0 Å². The van der Waals surface area contributed by atoms with E-state index in [1.165, 1.54) is 13.2 Å². The van der Waals surface area contributed by atoms with Crippen LogP contribution in [0.5, 0.6) is 5.75 Å². The van der Waals surface area contributed by atoms with Crippen LogP contribution >= 0.6 is 12.6 Å². The summed E-state index contributed by atoms with van der Waals surface area (Å²) in [7, 11) is 3.32. The first-order chi connectivity index (χ1) is 7.22. The minimum atomic E-state index is -0.325. The number of hydrogen-bond acceptors (Lipinski definition) is 3. The lowest BCUT2D eigenvalue weighted by atomic mass is 10.0. The van der Waals surface area contributed by atoms with E-state index < -0.39 is 0 Å². The van der Waals surface area contributed by atoms with Crippen LogP contribution in [0.3, 0.4) is 0 Å². The Bertz CT molecular complexity index is 319. The van der Waals surface area contributed by atoms with Gasteiger partial charge in [-0.05, 0) is 36.9 Å². The quantitative estimate of drug-likeness (QED) is 0.757. The zero-order valence-electron chi connectivity index (χ0n) is 8.96. The Labute approximate surface area is 95.2 Å². The van der Waals surface area contributed by atoms with Crippen molar-refractivity contribution in [2.45, 2.75) is 12.5 Å². The fourth-order valence-electron chi connectivity index (χ4n) is 1.51. The van der Waals surface area contributed by atoms with Crippen LogP contribution in [-0.2, 0) is 0 Å². The first kappa shape index (κ1) is 12.3. The summed E-state index contributed by atoms with van der Waals surface area (Å²) in [5.74, 6) is 0.716. The molecular formula is C11H16FNOS. The average Bonchev–Trinajstić information content (AvgIpc) is 2.25. The van der Waals surface area contributed by atoms with Gasteiger partial charge in [0.25, 0.3) is 0 Å². The fraction of sp³-hybridized carbons (Fsp3) is 0.455. The maximum atomic E-state index is 13.4. The second kappa shape index (κ2) is 5.98. The monoisotopic (exact) mass is 229 g/mol. The summed E-state index contributed by atoms with van der Waals surface area (Å²) >= 11 is 4.17. The van der Waals surface area contributed by atoms with E-state index in [0.29, 0.717) is 0 Å². The van der Waals surface area contributed by atoms with Crippen molar-refractivity contribution in [1.29, 1.82) is 0 Å². The lowest BCUT2D eigenvalue weighted by molar-refractivity contribution is 0.385. The van der Waals surface area contributed by atoms with E-state index >= 15 is 0 Å². The highest BCUT2D eigenvalue weighted by atomic mass is 32.1. The van der Waals surface area contributed by atoms with Crippen LogP contribution in [0.1, 0.15) is 18.0 Å². The number of thiol groups is 1. The highest BCUT2D eigenvalue weighted by Crippen LogP contribution is 2.23. The number of nitrogens with one attached hydrogen (secondary N) is 1. The van der Waals surface area contributed by atoms with E-state index in [1.807, 2.05) is 13.1 Å². The molecule has 1 N–H and O–H groups in total. The Morgan fingerprint density at radius 2 is 2.27 bits per heavy atom. The Balaban J connectivity index is 2.89. The molecule has 84 valence electrons. The van der Waals surface area contributed by atoms with Gasteiger partial charge in [0.05, 0.1) is 7.11 Å². The first-order valence-electron chi connectivity index (χ1n) is 4.84. The van der Waals surface area contributed by atoms with Crippen LogP contribution in [0.4, 0.5) is 4.39 Å². The van der Waals surface area contributed by atoms with Gasteiger partial charge in [0, 0.05) is 6.04 Å². The molecule has 0 aliphatic carbocycles. The molecule has 1 aromatic carbocycles. The first-order valence-corrected chi connectivity index (χ1v) is 5.47. The molecule has 0 amide bonds. The van der Waals surface area contributed by atoms with Crippen molar-refractivity contribution in [3.63, 3.8) is 0 Å². The number of halogens is 1. The van der Waals surface area contributed by atoms with Gasteiger partial charge in [0.1, 0.15) is 0 Å². The molecule has 0 bridgehead atoms. The van der Waals surface area contributed by atoms with E-state index in [2.05, 4.69) is 17.9 Å². The standard InChI is InChI=1S/C11H16FNOS/c1-13-10(5-6-15)8-3-4-11(14-2)9(12)7-8/h3-4,7,10,13,15H,5-6H2,1-2H3. The van der Waals surface area contributed by atoms with Gasteiger partial charge in [-0.2, -0.15) is 12.6 Å². The molecule has 0 aliphatic heterocycles. The maximum absolute atomic E-state index is 13.4. The molecule has 0 aromatic heterocycles. The normalized spacial score (nSPS) is 12.5. The minimum absolute atomic E-state index is 0.142. The van der Waals surface area contributed by atoms with E-state index in [9.17, 15) is 4.39 Å². The minimum Gasteiger partial charge on any atom is -0.494 e. The van der Waals surface area contributed by atoms with Crippen molar-refractivity contribution in [2.75, 3.05) is 19.9 Å². The van der Waals surface area contributed by atoms with Crippen LogP contribution in [-0.4, -0.2) is 19.9 Å². The van der Waals surface area contributed by atoms with Crippen molar-refractivity contribution in [2.24, 2.45) is 0 Å². The highest BCUT2D eigenvalue weighted by Gasteiger charge is 2.11. The van der Waals surface area contributed by atoms with Crippen LogP contribution < -0.4 is 10.1 Å². The van der Waals surface area contributed by atoms with Crippen molar-refractivity contribution in [1.82, 2.24) is 5.32 Å². The van der Waals surface area contributed by atoms with Gasteiger partial charge in [-0.25, -0.2) is 4.39 Å². The molecule has 1 aromatic rings. The fourth-order valence-corrected chi connectivity index (χ4v) is 1.76. The SMILES string of the molecule is CNC(CCS)c1ccc(OC)c(F)c1. The molecule has 1 rings (SSSR count). The summed E-state index contributed by atoms with van der Waals surface area (Å²) in [6.45, 7) is 0. The Hall–Kier alpha value is -0.740. The molecular weight excluding hydrogens is 213 g/mol. The summed E-state index contributed by atoms with van der Waals surface area (Å²) < 4.78 is 18.3. The average molecular weight is 229 g/mol. The van der Waals surface area contributed by atoms with Gasteiger partial charge in [0.15, 0.2) is 11.6 Å². The van der Waals surface area contributed by atoms with Crippen molar-refractivity contribution in [3.05, 3.63) is 29.6 Å². The number of rotatable bonds is 5. The molecule has 1 unspecified atom stereocenters. The summed E-state index contributed by atoms with van der Waals surface area (Å²) in [6, 6.07) is 5.16. The number of benzene rings is 1. The van der Waals surface area contributed by atoms with Crippen LogP contribution in [0.25, 0.3) is 0 Å². The van der Waals surface area contributed by atoms with Gasteiger partial charge in [-0.15, -0.1) is 0 Å². The third kappa shape index (κ3) is 3.11. The lowest BCUT2D eigenvalue weighted by Gasteiger charge is -2.16. The van der Waals surface area contributed by atoms with E-state index in [4.69, 9.17) is 4.74 Å². The predicted octanol–water partition coefficient (Wildman–Crippen LogP) is 2.41. The Morgan fingerprint density at radius 3 is 2.73 bits per heavy atom. The molecule has 0 saturated carbocycles. The van der Waals surface area contributed by atoms with Crippen molar-refractivity contribution >= 4 is 12.6 Å². The number of ether oxygens (including phenoxy) is 1. The Kier molecular flexibility index (Phi) is 4.91. The lowest BCUT2D eigenvalue weighted by Crippen LogP contribution is -2.17. The predicted molar refractivity (Wildman–Crippen MR) is 63.2 cm³/mol. The van der Waals surface area contributed by atoms with Crippen molar-refractivity contribution < 1.29 is 9.13 Å². The summed E-state index contributed by atoms with van der Waals surface area (Å²) in [4.78, 5) is 0. The van der Waals surface area contributed by atoms with Crippen LogP contribution in [0.15, 0.2) is 18.2 Å². The zero-order chi connectivity index (χ0) is 11.3. The maximum Gasteiger partial charge on any atom is 0.165 e. The van der Waals surface area contributed by atoms with Gasteiger partial charge in [-0.3, -0.25) is 0 Å². The molecule has 1 atom stereocenters. The molecule has 0 aliphatic rings. The molecule has 0 fully saturated rings. The molecule has 15 heavy (non-hydrogen) atoms. The number of hydrogen-bond donors (Lipinski definition) is 2. The number of methoxy groups -OCH3 is 1. The molecule has 0 heterocycles. The second-order valence-corrected chi connectivity index (χ2v) is 3.69. The highest BCUT2D eigenvalue weighted by molar-refractivity contribution is 7.80. The second-order valence-electron chi connectivity index (χ2n) is 3.25. The third-order valence-electron chi connectivity index (χ3n) is 2.34. The molecule has 0 saturated heterocycles. The van der Waals surface area contributed by atoms with Gasteiger partial charge in [-0.1, -0.05) is 6.07 Å². The van der Waals surface area contributed by atoms with Crippen molar-refractivity contribution in [3.8, 4) is 5.75 Å². The molecule has 0 radical (unpaired) electrons. The summed E-state index contributed by atoms with van der Waals surface area (Å²) in [5.41, 5.74) is 0.921. The molecule has 4 heteroatoms. The van der Waals surface area contributed by atoms with E-state index in [-0.39, 0.29) is 17.6 Å². The van der Waals surface area contributed by atoms with Crippen LogP contribution in [0.2, 0.25) is 0 Å². The van der Waals surface area contributed by atoms with Gasteiger partial charge < -0.3 is 10.1 Å². The smallest absolute Gasteiger partial charge is 0.165 e. The van der Waals surface area contributed by atoms with E-state index in [1.54, 1.807) is 6.07 Å². The summed E-state index contributed by atoms with van der Waals surface area (Å²) in [6.07, 6.45) is 0.866. The largest absolute Gasteiger partial charge is 0.494 e. The van der Waals surface area contributed by atoms with E-state index in [0.717, 1.165) is 17.7 Å². The third-order valence-corrected chi connectivity index (χ3v) is 2.60. The topological polar surface area (TPSA) is 21.3 Å². The zero-order valence-corrected chi connectivity index (χ0v) is 9.85. The van der Waals surface area contributed by atoms with Gasteiger partial charge in [0.2, 0.25) is 0 Å². The molecule has 2 nitrogen and oxygen atoms in total.